The quantitative estimate of drug-likeness (QED) is 0.561. The molecular weight excluding hydrogens is 226 g/mol. The van der Waals surface area contributed by atoms with E-state index in [0.717, 1.165) is 39.1 Å². The van der Waals surface area contributed by atoms with Gasteiger partial charge in [-0.15, -0.1) is 0 Å². The molecule has 5 heteroatoms. The second-order valence-corrected chi connectivity index (χ2v) is 6.28. The lowest BCUT2D eigenvalue weighted by atomic mass is 10.4. The first kappa shape index (κ1) is 15.9. The molecule has 0 rings (SSSR count). The van der Waals surface area contributed by atoms with Crippen LogP contribution in [0.2, 0.25) is 0 Å². The maximum Gasteiger partial charge on any atom is 0.150 e. The normalized spacial score (nSPS) is 11.9. The van der Waals surface area contributed by atoms with E-state index >= 15 is 0 Å². The van der Waals surface area contributed by atoms with Gasteiger partial charge in [0.2, 0.25) is 0 Å². The highest BCUT2D eigenvalue weighted by molar-refractivity contribution is 7.91. The average Bonchev–Trinajstić information content (AvgIpc) is 2.27. The topological polar surface area (TPSA) is 55.4 Å². The van der Waals surface area contributed by atoms with Crippen LogP contribution in [0.4, 0.5) is 0 Å². The minimum absolute atomic E-state index is 0.248. The van der Waals surface area contributed by atoms with Crippen molar-refractivity contribution < 1.29 is 13.2 Å². The van der Waals surface area contributed by atoms with E-state index in [4.69, 9.17) is 4.74 Å². The number of hydrogen-bond acceptors (Lipinski definition) is 4. The smallest absolute Gasteiger partial charge is 0.150 e. The molecule has 0 unspecified atom stereocenters. The summed E-state index contributed by atoms with van der Waals surface area (Å²) in [5.41, 5.74) is 0. The van der Waals surface area contributed by atoms with E-state index in [1.807, 2.05) is 0 Å². The van der Waals surface area contributed by atoms with Gasteiger partial charge in [-0.05, 0) is 32.4 Å². The molecule has 4 nitrogen and oxygen atoms in total. The van der Waals surface area contributed by atoms with Crippen LogP contribution in [0.1, 0.15) is 33.1 Å². The van der Waals surface area contributed by atoms with E-state index < -0.39 is 9.84 Å². The first-order valence-electron chi connectivity index (χ1n) is 6.11. The number of hydrogen-bond donors (Lipinski definition) is 1. The van der Waals surface area contributed by atoms with Crippen molar-refractivity contribution in [2.75, 3.05) is 37.8 Å². The van der Waals surface area contributed by atoms with Gasteiger partial charge in [-0.3, -0.25) is 0 Å². The Morgan fingerprint density at radius 3 is 2.38 bits per heavy atom. The Morgan fingerprint density at radius 2 is 1.75 bits per heavy atom. The fourth-order valence-corrected chi connectivity index (χ4v) is 2.10. The molecule has 0 amide bonds. The number of nitrogens with one attached hydrogen (secondary N) is 1. The number of rotatable bonds is 11. The SMILES string of the molecule is CCCOCCCNCCCS(=O)(=O)CC. The highest BCUT2D eigenvalue weighted by Gasteiger charge is 2.05. The molecule has 0 aliphatic heterocycles. The Balaban J connectivity index is 3.16. The average molecular weight is 251 g/mol. The molecule has 0 aliphatic rings. The lowest BCUT2D eigenvalue weighted by molar-refractivity contribution is 0.132. The Morgan fingerprint density at radius 1 is 1.06 bits per heavy atom. The standard InChI is InChI=1S/C11H25NO3S/c1-3-9-15-10-5-7-12-8-6-11-16(13,14)4-2/h12H,3-11H2,1-2H3. The van der Waals surface area contributed by atoms with Gasteiger partial charge in [0.25, 0.3) is 0 Å². The highest BCUT2D eigenvalue weighted by atomic mass is 32.2. The largest absolute Gasteiger partial charge is 0.381 e. The molecule has 0 heterocycles. The monoisotopic (exact) mass is 251 g/mol. The van der Waals surface area contributed by atoms with E-state index in [1.54, 1.807) is 6.92 Å². The highest BCUT2D eigenvalue weighted by Crippen LogP contribution is 1.92. The Hall–Kier alpha value is -0.130. The van der Waals surface area contributed by atoms with Gasteiger partial charge < -0.3 is 10.1 Å². The van der Waals surface area contributed by atoms with Gasteiger partial charge >= 0.3 is 0 Å². The summed E-state index contributed by atoms with van der Waals surface area (Å²) in [7, 11) is -2.79. The van der Waals surface area contributed by atoms with Gasteiger partial charge in [0.15, 0.2) is 0 Å². The summed E-state index contributed by atoms with van der Waals surface area (Å²) in [6.07, 6.45) is 2.74. The Labute approximate surface area is 99.7 Å². The fraction of sp³-hybridized carbons (Fsp3) is 1.00. The minimum Gasteiger partial charge on any atom is -0.381 e. The zero-order chi connectivity index (χ0) is 12.3. The lowest BCUT2D eigenvalue weighted by Crippen LogP contribution is -2.21. The summed E-state index contributed by atoms with van der Waals surface area (Å²) >= 11 is 0. The first-order chi connectivity index (χ1) is 7.62. The number of sulfone groups is 1. The summed E-state index contributed by atoms with van der Waals surface area (Å²) in [5.74, 6) is 0.542. The van der Waals surface area contributed by atoms with Crippen LogP contribution in [0.3, 0.4) is 0 Å². The first-order valence-corrected chi connectivity index (χ1v) is 7.93. The maximum absolute atomic E-state index is 11.2. The van der Waals surface area contributed by atoms with Crippen LogP contribution < -0.4 is 5.32 Å². The van der Waals surface area contributed by atoms with Crippen LogP contribution >= 0.6 is 0 Å². The second-order valence-electron chi connectivity index (χ2n) is 3.81. The summed E-state index contributed by atoms with van der Waals surface area (Å²) in [4.78, 5) is 0. The van der Waals surface area contributed by atoms with Gasteiger partial charge in [-0.2, -0.15) is 0 Å². The fourth-order valence-electron chi connectivity index (χ4n) is 1.23. The third-order valence-electron chi connectivity index (χ3n) is 2.24. The molecule has 0 radical (unpaired) electrons. The molecule has 0 bridgehead atoms. The van der Waals surface area contributed by atoms with Crippen LogP contribution in [0.25, 0.3) is 0 Å². The van der Waals surface area contributed by atoms with Crippen molar-refractivity contribution in [1.29, 1.82) is 0 Å². The zero-order valence-corrected chi connectivity index (χ0v) is 11.3. The third-order valence-corrected chi connectivity index (χ3v) is 4.03. The molecule has 98 valence electrons. The van der Waals surface area contributed by atoms with Crippen LogP contribution in [-0.4, -0.2) is 46.2 Å². The second kappa shape index (κ2) is 10.1. The summed E-state index contributed by atoms with van der Waals surface area (Å²) < 4.78 is 27.6. The lowest BCUT2D eigenvalue weighted by Gasteiger charge is -2.05. The molecule has 0 aromatic heterocycles. The predicted octanol–water partition coefficient (Wildman–Crippen LogP) is 1.22. The summed E-state index contributed by atoms with van der Waals surface area (Å²) in [5, 5.41) is 3.21. The van der Waals surface area contributed by atoms with E-state index in [9.17, 15) is 8.42 Å². The van der Waals surface area contributed by atoms with Crippen molar-refractivity contribution in [3.63, 3.8) is 0 Å². The van der Waals surface area contributed by atoms with E-state index in [1.165, 1.54) is 0 Å². The van der Waals surface area contributed by atoms with Crippen LogP contribution in [0, 0.1) is 0 Å². The van der Waals surface area contributed by atoms with Crippen molar-refractivity contribution >= 4 is 9.84 Å². The molecule has 0 aromatic carbocycles. The molecule has 0 saturated carbocycles. The summed E-state index contributed by atoms with van der Waals surface area (Å²) in [6.45, 7) is 7.06. The maximum atomic E-state index is 11.2. The zero-order valence-electron chi connectivity index (χ0n) is 10.5. The molecular formula is C11H25NO3S. The van der Waals surface area contributed by atoms with Crippen LogP contribution in [-0.2, 0) is 14.6 Å². The van der Waals surface area contributed by atoms with E-state index in [-0.39, 0.29) is 5.75 Å². The molecule has 0 saturated heterocycles. The van der Waals surface area contributed by atoms with Crippen LogP contribution in [0.5, 0.6) is 0 Å². The molecule has 0 atom stereocenters. The Bertz CT molecular complexity index is 240. The van der Waals surface area contributed by atoms with Crippen molar-refractivity contribution in [3.05, 3.63) is 0 Å². The molecule has 0 aromatic rings. The Kier molecular flexibility index (Phi) is 9.97. The summed E-state index contributed by atoms with van der Waals surface area (Å²) in [6, 6.07) is 0. The van der Waals surface area contributed by atoms with Crippen molar-refractivity contribution in [3.8, 4) is 0 Å². The van der Waals surface area contributed by atoms with Crippen molar-refractivity contribution in [2.45, 2.75) is 33.1 Å². The molecule has 0 spiro atoms. The van der Waals surface area contributed by atoms with E-state index in [2.05, 4.69) is 12.2 Å². The minimum atomic E-state index is -2.79. The predicted molar refractivity (Wildman–Crippen MR) is 67.5 cm³/mol. The van der Waals surface area contributed by atoms with E-state index in [0.29, 0.717) is 12.2 Å². The molecule has 1 N–H and O–H groups in total. The third kappa shape index (κ3) is 10.4. The van der Waals surface area contributed by atoms with Crippen LogP contribution in [0.15, 0.2) is 0 Å². The van der Waals surface area contributed by atoms with Gasteiger partial charge in [0.05, 0.1) is 5.75 Å². The van der Waals surface area contributed by atoms with Gasteiger partial charge in [0.1, 0.15) is 9.84 Å². The van der Waals surface area contributed by atoms with Gasteiger partial charge in [-0.25, -0.2) is 8.42 Å². The van der Waals surface area contributed by atoms with Crippen molar-refractivity contribution in [2.24, 2.45) is 0 Å². The number of ether oxygens (including phenoxy) is 1. The van der Waals surface area contributed by atoms with Gasteiger partial charge in [0, 0.05) is 19.0 Å². The molecule has 0 fully saturated rings. The molecule has 16 heavy (non-hydrogen) atoms. The van der Waals surface area contributed by atoms with Crippen molar-refractivity contribution in [1.82, 2.24) is 5.32 Å². The van der Waals surface area contributed by atoms with Gasteiger partial charge in [-0.1, -0.05) is 13.8 Å². The molecule has 0 aliphatic carbocycles.